The van der Waals surface area contributed by atoms with Gasteiger partial charge in [0.2, 0.25) is 0 Å². The lowest BCUT2D eigenvalue weighted by atomic mass is 9.81. The van der Waals surface area contributed by atoms with Crippen molar-refractivity contribution >= 4 is 23.3 Å². The van der Waals surface area contributed by atoms with E-state index in [1.165, 1.54) is 114 Å². The van der Waals surface area contributed by atoms with Gasteiger partial charge >= 0.3 is 0 Å². The van der Waals surface area contributed by atoms with Gasteiger partial charge in [0.05, 0.1) is 0 Å². The SMILES string of the molecule is C#C/C(C#N)=C1\C(C)=Cc2c(CCCCCCCCCCCC)c3c(c(CCCCCCCCCCCC)c21)C=C(C)C3=C(C#N)C#N. The average molecular weight is 642 g/mol. The van der Waals surface area contributed by atoms with Crippen molar-refractivity contribution < 1.29 is 0 Å². The van der Waals surface area contributed by atoms with Crippen LogP contribution in [-0.2, 0) is 12.8 Å². The number of benzene rings is 1. The highest BCUT2D eigenvalue weighted by molar-refractivity contribution is 6.07. The van der Waals surface area contributed by atoms with E-state index < -0.39 is 0 Å². The fraction of sp³-hybridized carbons (Fsp3) is 0.578. The number of terminal acetylenes is 1. The zero-order chi connectivity index (χ0) is 34.7. The monoisotopic (exact) mass is 641 g/mol. The van der Waals surface area contributed by atoms with Gasteiger partial charge in [0.15, 0.2) is 0 Å². The molecule has 2 aliphatic carbocycles. The molecule has 0 fully saturated rings. The van der Waals surface area contributed by atoms with Gasteiger partial charge < -0.3 is 0 Å². The normalized spacial score (nSPS) is 14.0. The summed E-state index contributed by atoms with van der Waals surface area (Å²) in [6.45, 7) is 8.63. The van der Waals surface area contributed by atoms with Gasteiger partial charge in [-0.25, -0.2) is 0 Å². The van der Waals surface area contributed by atoms with Crippen molar-refractivity contribution in [1.29, 1.82) is 15.8 Å². The third kappa shape index (κ3) is 10.1. The van der Waals surface area contributed by atoms with Crippen LogP contribution >= 0.6 is 0 Å². The Balaban J connectivity index is 1.93. The standard InChI is InChI=1S/C45H59N3/c1-6-9-11-13-15-17-19-21-23-25-27-38-41-30-35(5)43(37(32-47)33-48)45(41)39(28-26-24-22-20-18-16-14-12-10-7-2)40-29-34(4)42(44(38)40)36(8-3)31-46/h3,29-30H,6-7,9-28H2,1-2,4-5H3/b42-36-. The predicted molar refractivity (Wildman–Crippen MR) is 204 cm³/mol. The van der Waals surface area contributed by atoms with Crippen LogP contribution in [0.15, 0.2) is 22.3 Å². The first-order valence-electron chi connectivity index (χ1n) is 19.2. The van der Waals surface area contributed by atoms with Gasteiger partial charge in [-0.1, -0.05) is 147 Å². The van der Waals surface area contributed by atoms with E-state index in [1.807, 2.05) is 6.92 Å². The largest absolute Gasteiger partial charge is 0.192 e. The van der Waals surface area contributed by atoms with Crippen molar-refractivity contribution in [2.75, 3.05) is 0 Å². The van der Waals surface area contributed by atoms with Crippen LogP contribution in [0.25, 0.3) is 23.3 Å². The molecule has 0 unspecified atom stereocenters. The maximum atomic E-state index is 10.1. The zero-order valence-electron chi connectivity index (χ0n) is 30.6. The number of hydrogen-bond acceptors (Lipinski definition) is 3. The van der Waals surface area contributed by atoms with Crippen molar-refractivity contribution in [3.8, 4) is 30.6 Å². The van der Waals surface area contributed by atoms with E-state index in [0.717, 1.165) is 83.1 Å². The molecule has 0 spiro atoms. The van der Waals surface area contributed by atoms with E-state index in [0.29, 0.717) is 5.57 Å². The molecular weight excluding hydrogens is 583 g/mol. The lowest BCUT2D eigenvalue weighted by Crippen LogP contribution is -2.07. The summed E-state index contributed by atoms with van der Waals surface area (Å²) in [6.07, 6.45) is 37.5. The van der Waals surface area contributed by atoms with Crippen LogP contribution in [0, 0.1) is 46.3 Å². The molecule has 48 heavy (non-hydrogen) atoms. The molecule has 0 aromatic heterocycles. The molecule has 0 saturated heterocycles. The minimum Gasteiger partial charge on any atom is -0.192 e. The molecule has 3 heteroatoms. The summed E-state index contributed by atoms with van der Waals surface area (Å²) >= 11 is 0. The zero-order valence-corrected chi connectivity index (χ0v) is 30.6. The molecule has 3 rings (SSSR count). The second kappa shape index (κ2) is 21.2. The Morgan fingerprint density at radius 1 is 0.500 bits per heavy atom. The topological polar surface area (TPSA) is 71.4 Å². The summed E-state index contributed by atoms with van der Waals surface area (Å²) in [5.74, 6) is 2.70. The van der Waals surface area contributed by atoms with Crippen LogP contribution in [0.1, 0.15) is 189 Å². The Labute approximate surface area is 293 Å². The van der Waals surface area contributed by atoms with Gasteiger partial charge in [-0.15, -0.1) is 6.42 Å². The maximum Gasteiger partial charge on any atom is 0.137 e. The molecule has 1 aromatic carbocycles. The number of hydrogen-bond donors (Lipinski definition) is 0. The Morgan fingerprint density at radius 3 is 1.12 bits per heavy atom. The van der Waals surface area contributed by atoms with Gasteiger partial charge in [-0.05, 0) is 84.1 Å². The van der Waals surface area contributed by atoms with Crippen molar-refractivity contribution in [2.24, 2.45) is 0 Å². The lowest BCUT2D eigenvalue weighted by molar-refractivity contribution is 0.555. The number of nitriles is 3. The van der Waals surface area contributed by atoms with Crippen molar-refractivity contribution in [3.63, 3.8) is 0 Å². The predicted octanol–water partition coefficient (Wildman–Crippen LogP) is 13.2. The number of nitrogens with zero attached hydrogens (tertiary/aromatic N) is 3. The molecule has 0 amide bonds. The minimum atomic E-state index is 0.187. The molecule has 0 bridgehead atoms. The fourth-order valence-electron chi connectivity index (χ4n) is 7.80. The molecule has 0 atom stereocenters. The Kier molecular flexibility index (Phi) is 17.1. The number of allylic oxidation sites excluding steroid dienone is 6. The van der Waals surface area contributed by atoms with Crippen LogP contribution in [-0.4, -0.2) is 0 Å². The van der Waals surface area contributed by atoms with E-state index in [2.05, 4.69) is 57.1 Å². The van der Waals surface area contributed by atoms with Gasteiger partial charge in [0.25, 0.3) is 0 Å². The minimum absolute atomic E-state index is 0.187. The van der Waals surface area contributed by atoms with Crippen molar-refractivity contribution in [2.45, 2.75) is 169 Å². The van der Waals surface area contributed by atoms with Crippen molar-refractivity contribution in [3.05, 3.63) is 55.7 Å². The summed E-state index contributed by atoms with van der Waals surface area (Å²) in [4.78, 5) is 0. The smallest absolute Gasteiger partial charge is 0.137 e. The molecule has 0 radical (unpaired) electrons. The number of rotatable bonds is 22. The first-order valence-corrected chi connectivity index (χ1v) is 19.2. The molecule has 1 aromatic rings. The Hall–Kier alpha value is -3.79. The summed E-state index contributed by atoms with van der Waals surface area (Å²) in [6, 6.07) is 6.75. The van der Waals surface area contributed by atoms with Gasteiger partial charge in [0, 0.05) is 11.1 Å². The maximum absolute atomic E-state index is 10.1. The summed E-state index contributed by atoms with van der Waals surface area (Å²) in [7, 11) is 0. The third-order valence-corrected chi connectivity index (χ3v) is 10.3. The molecule has 0 heterocycles. The summed E-state index contributed by atoms with van der Waals surface area (Å²) < 4.78 is 0. The fourth-order valence-corrected chi connectivity index (χ4v) is 7.80. The molecular formula is C45H59N3. The first-order chi connectivity index (χ1) is 23.5. The van der Waals surface area contributed by atoms with Crippen LogP contribution in [0.5, 0.6) is 0 Å². The second-order valence-corrected chi connectivity index (χ2v) is 14.0. The van der Waals surface area contributed by atoms with E-state index in [-0.39, 0.29) is 5.57 Å². The lowest BCUT2D eigenvalue weighted by Gasteiger charge is -2.22. The van der Waals surface area contributed by atoms with Crippen LogP contribution < -0.4 is 0 Å². The Morgan fingerprint density at radius 2 is 0.812 bits per heavy atom. The highest BCUT2D eigenvalue weighted by Gasteiger charge is 2.34. The van der Waals surface area contributed by atoms with Crippen molar-refractivity contribution in [1.82, 2.24) is 0 Å². The number of fused-ring (bicyclic) bond motifs is 2. The van der Waals surface area contributed by atoms with E-state index >= 15 is 0 Å². The van der Waals surface area contributed by atoms with Gasteiger partial charge in [-0.2, -0.15) is 15.8 Å². The highest BCUT2D eigenvalue weighted by atomic mass is 14.4. The van der Waals surface area contributed by atoms with E-state index in [1.54, 1.807) is 0 Å². The van der Waals surface area contributed by atoms with E-state index in [4.69, 9.17) is 6.42 Å². The average Bonchev–Trinajstić information content (AvgIpc) is 3.61. The highest BCUT2D eigenvalue weighted by Crippen LogP contribution is 2.50. The third-order valence-electron chi connectivity index (χ3n) is 10.3. The summed E-state index contributed by atoms with van der Waals surface area (Å²) in [5, 5.41) is 30.2. The Bertz CT molecular complexity index is 1400. The first kappa shape index (κ1) is 38.7. The molecule has 254 valence electrons. The second-order valence-electron chi connectivity index (χ2n) is 14.0. The van der Waals surface area contributed by atoms with E-state index in [9.17, 15) is 15.8 Å². The molecule has 2 aliphatic rings. The summed E-state index contributed by atoms with van der Waals surface area (Å²) in [5.41, 5.74) is 11.2. The van der Waals surface area contributed by atoms with Gasteiger partial charge in [0.1, 0.15) is 29.4 Å². The molecule has 3 nitrogen and oxygen atoms in total. The molecule has 0 aliphatic heterocycles. The van der Waals surface area contributed by atoms with Crippen LogP contribution in [0.3, 0.4) is 0 Å². The van der Waals surface area contributed by atoms with Gasteiger partial charge in [-0.3, -0.25) is 0 Å². The quantitative estimate of drug-likeness (QED) is 0.0718. The number of unbranched alkanes of at least 4 members (excludes halogenated alkanes) is 18. The molecule has 0 saturated carbocycles. The van der Waals surface area contributed by atoms with Crippen LogP contribution in [0.2, 0.25) is 0 Å². The van der Waals surface area contributed by atoms with Crippen LogP contribution in [0.4, 0.5) is 0 Å². The molecule has 0 N–H and O–H groups in total.